The predicted octanol–water partition coefficient (Wildman–Crippen LogP) is 1.97. The molecule has 0 bridgehead atoms. The van der Waals surface area contributed by atoms with E-state index in [1.807, 2.05) is 13.0 Å². The molecule has 1 aliphatic rings. The van der Waals surface area contributed by atoms with Crippen LogP contribution in [0.1, 0.15) is 29.9 Å². The van der Waals surface area contributed by atoms with Gasteiger partial charge in [-0.15, -0.1) is 0 Å². The van der Waals surface area contributed by atoms with Gasteiger partial charge in [0.2, 0.25) is 0 Å². The Balaban J connectivity index is 1.83. The van der Waals surface area contributed by atoms with Gasteiger partial charge in [-0.2, -0.15) is 0 Å². The van der Waals surface area contributed by atoms with Crippen molar-refractivity contribution in [1.82, 2.24) is 0 Å². The molecule has 1 aromatic heterocycles. The van der Waals surface area contributed by atoms with E-state index in [2.05, 4.69) is 0 Å². The lowest BCUT2D eigenvalue weighted by atomic mass is 10.2. The second-order valence-corrected chi connectivity index (χ2v) is 3.96. The molecule has 78 valence electrons. The summed E-state index contributed by atoms with van der Waals surface area (Å²) in [5.41, 5.74) is 6.62. The summed E-state index contributed by atoms with van der Waals surface area (Å²) in [4.78, 5) is 0. The molecular formula is C11H17NO2. The van der Waals surface area contributed by atoms with Crippen molar-refractivity contribution in [3.8, 4) is 0 Å². The van der Waals surface area contributed by atoms with Crippen molar-refractivity contribution in [3.63, 3.8) is 0 Å². The molecule has 0 atom stereocenters. The quantitative estimate of drug-likeness (QED) is 0.781. The van der Waals surface area contributed by atoms with Gasteiger partial charge in [0.15, 0.2) is 0 Å². The molecule has 1 aliphatic carbocycles. The molecule has 0 aliphatic heterocycles. The third-order valence-corrected chi connectivity index (χ3v) is 2.58. The zero-order valence-electron chi connectivity index (χ0n) is 8.58. The van der Waals surface area contributed by atoms with E-state index < -0.39 is 0 Å². The van der Waals surface area contributed by atoms with Crippen LogP contribution in [0.2, 0.25) is 0 Å². The number of furan rings is 1. The van der Waals surface area contributed by atoms with Crippen LogP contribution in [-0.2, 0) is 17.9 Å². The van der Waals surface area contributed by atoms with Gasteiger partial charge in [-0.1, -0.05) is 0 Å². The van der Waals surface area contributed by atoms with E-state index in [1.165, 1.54) is 12.8 Å². The fourth-order valence-electron chi connectivity index (χ4n) is 1.45. The molecule has 0 amide bonds. The fraction of sp³-hybridized carbons (Fsp3) is 0.636. The zero-order chi connectivity index (χ0) is 9.97. The maximum atomic E-state index is 5.58. The van der Waals surface area contributed by atoms with Gasteiger partial charge in [0.05, 0.1) is 13.2 Å². The van der Waals surface area contributed by atoms with E-state index in [9.17, 15) is 0 Å². The summed E-state index contributed by atoms with van der Waals surface area (Å²) in [6.45, 7) is 3.97. The largest absolute Gasteiger partial charge is 0.465 e. The Labute approximate surface area is 84.2 Å². The second-order valence-electron chi connectivity index (χ2n) is 3.96. The third kappa shape index (κ3) is 2.36. The number of hydrogen-bond donors (Lipinski definition) is 1. The first-order valence-corrected chi connectivity index (χ1v) is 5.15. The van der Waals surface area contributed by atoms with Crippen molar-refractivity contribution in [1.29, 1.82) is 0 Å². The number of ether oxygens (including phenoxy) is 1. The monoisotopic (exact) mass is 195 g/mol. The third-order valence-electron chi connectivity index (χ3n) is 2.58. The summed E-state index contributed by atoms with van der Waals surface area (Å²) in [6.07, 6.45) is 2.66. The van der Waals surface area contributed by atoms with Crippen molar-refractivity contribution < 1.29 is 9.15 Å². The molecule has 1 aromatic rings. The van der Waals surface area contributed by atoms with Crippen molar-refractivity contribution >= 4 is 0 Å². The first-order chi connectivity index (χ1) is 6.79. The Bertz CT molecular complexity index is 302. The van der Waals surface area contributed by atoms with Crippen LogP contribution < -0.4 is 5.73 Å². The lowest BCUT2D eigenvalue weighted by Gasteiger charge is -2.00. The van der Waals surface area contributed by atoms with Crippen molar-refractivity contribution in [2.24, 2.45) is 11.7 Å². The Hall–Kier alpha value is -0.800. The van der Waals surface area contributed by atoms with Gasteiger partial charge in [-0.05, 0) is 31.7 Å². The van der Waals surface area contributed by atoms with Gasteiger partial charge < -0.3 is 14.9 Å². The summed E-state index contributed by atoms with van der Waals surface area (Å²) in [6, 6.07) is 1.99. The van der Waals surface area contributed by atoms with Gasteiger partial charge in [0, 0.05) is 12.2 Å². The highest BCUT2D eigenvalue weighted by molar-refractivity contribution is 5.19. The summed E-state index contributed by atoms with van der Waals surface area (Å²) < 4.78 is 11.0. The highest BCUT2D eigenvalue weighted by Gasteiger charge is 2.21. The normalized spacial score (nSPS) is 16.1. The Morgan fingerprint density at radius 1 is 1.57 bits per heavy atom. The van der Waals surface area contributed by atoms with Crippen LogP contribution in [0.15, 0.2) is 10.5 Å². The van der Waals surface area contributed by atoms with Crippen molar-refractivity contribution in [2.45, 2.75) is 32.9 Å². The number of nitrogens with two attached hydrogens (primary N) is 1. The van der Waals surface area contributed by atoms with E-state index in [0.29, 0.717) is 13.2 Å². The molecule has 3 heteroatoms. The molecule has 1 saturated carbocycles. The molecule has 1 heterocycles. The highest BCUT2D eigenvalue weighted by atomic mass is 16.5. The van der Waals surface area contributed by atoms with E-state index in [1.54, 1.807) is 0 Å². The minimum atomic E-state index is 0.462. The predicted molar refractivity (Wildman–Crippen MR) is 53.7 cm³/mol. The first kappa shape index (κ1) is 9.74. The summed E-state index contributed by atoms with van der Waals surface area (Å²) in [5.74, 6) is 2.59. The van der Waals surface area contributed by atoms with Crippen LogP contribution in [0.3, 0.4) is 0 Å². The molecule has 0 unspecified atom stereocenters. The molecule has 0 saturated heterocycles. The van der Waals surface area contributed by atoms with Crippen LogP contribution in [0.4, 0.5) is 0 Å². The highest BCUT2D eigenvalue weighted by Crippen LogP contribution is 2.29. The van der Waals surface area contributed by atoms with Gasteiger partial charge in [0.25, 0.3) is 0 Å². The van der Waals surface area contributed by atoms with E-state index in [4.69, 9.17) is 14.9 Å². The van der Waals surface area contributed by atoms with Crippen LogP contribution in [0.25, 0.3) is 0 Å². The van der Waals surface area contributed by atoms with Crippen LogP contribution in [-0.4, -0.2) is 6.61 Å². The summed E-state index contributed by atoms with van der Waals surface area (Å²) in [5, 5.41) is 0. The van der Waals surface area contributed by atoms with Gasteiger partial charge in [-0.3, -0.25) is 0 Å². The topological polar surface area (TPSA) is 48.4 Å². The Morgan fingerprint density at radius 3 is 2.93 bits per heavy atom. The van der Waals surface area contributed by atoms with Crippen LogP contribution >= 0.6 is 0 Å². The maximum absolute atomic E-state index is 5.58. The molecule has 2 rings (SSSR count). The van der Waals surface area contributed by atoms with Gasteiger partial charge in [-0.25, -0.2) is 0 Å². The molecule has 0 radical (unpaired) electrons. The minimum absolute atomic E-state index is 0.462. The standard InChI is InChI=1S/C11H17NO2/c1-8-10(4-11(5-12)14-8)7-13-6-9-2-3-9/h4,9H,2-3,5-7,12H2,1H3. The lowest BCUT2D eigenvalue weighted by Crippen LogP contribution is -1.97. The Kier molecular flexibility index (Phi) is 2.89. The summed E-state index contributed by atoms with van der Waals surface area (Å²) >= 11 is 0. The summed E-state index contributed by atoms with van der Waals surface area (Å²) in [7, 11) is 0. The minimum Gasteiger partial charge on any atom is -0.465 e. The van der Waals surface area contributed by atoms with Crippen molar-refractivity contribution in [3.05, 3.63) is 23.2 Å². The molecule has 1 fully saturated rings. The van der Waals surface area contributed by atoms with Crippen LogP contribution in [0.5, 0.6) is 0 Å². The second kappa shape index (κ2) is 4.15. The van der Waals surface area contributed by atoms with Crippen LogP contribution in [0, 0.1) is 12.8 Å². The number of hydrogen-bond acceptors (Lipinski definition) is 3. The molecule has 2 N–H and O–H groups in total. The smallest absolute Gasteiger partial charge is 0.118 e. The average molecular weight is 195 g/mol. The maximum Gasteiger partial charge on any atom is 0.118 e. The van der Waals surface area contributed by atoms with Gasteiger partial charge >= 0.3 is 0 Å². The van der Waals surface area contributed by atoms with Gasteiger partial charge in [0.1, 0.15) is 11.5 Å². The van der Waals surface area contributed by atoms with E-state index >= 15 is 0 Å². The zero-order valence-corrected chi connectivity index (χ0v) is 8.58. The van der Waals surface area contributed by atoms with E-state index in [0.717, 1.165) is 29.6 Å². The Morgan fingerprint density at radius 2 is 2.36 bits per heavy atom. The molecule has 14 heavy (non-hydrogen) atoms. The number of rotatable bonds is 5. The number of aryl methyl sites for hydroxylation is 1. The molecular weight excluding hydrogens is 178 g/mol. The average Bonchev–Trinajstić information content (AvgIpc) is 2.92. The fourth-order valence-corrected chi connectivity index (χ4v) is 1.45. The van der Waals surface area contributed by atoms with Crippen molar-refractivity contribution in [2.75, 3.05) is 6.61 Å². The lowest BCUT2D eigenvalue weighted by molar-refractivity contribution is 0.110. The SMILES string of the molecule is Cc1oc(CN)cc1COCC1CC1. The molecule has 0 aromatic carbocycles. The van der Waals surface area contributed by atoms with E-state index in [-0.39, 0.29) is 0 Å². The molecule has 3 nitrogen and oxygen atoms in total. The molecule has 0 spiro atoms. The first-order valence-electron chi connectivity index (χ1n) is 5.15.